The molecule has 5 rings (SSSR count). The summed E-state index contributed by atoms with van der Waals surface area (Å²) < 4.78 is 18.2. The summed E-state index contributed by atoms with van der Waals surface area (Å²) in [5.74, 6) is 0.808. The number of anilines is 1. The summed E-state index contributed by atoms with van der Waals surface area (Å²) in [5, 5.41) is 3.28. The molecule has 1 aliphatic carbocycles. The van der Waals surface area contributed by atoms with Gasteiger partial charge in [-0.25, -0.2) is 4.98 Å². The quantitative estimate of drug-likeness (QED) is 0.0910. The van der Waals surface area contributed by atoms with Crippen molar-refractivity contribution in [3.8, 4) is 11.5 Å². The van der Waals surface area contributed by atoms with Crippen molar-refractivity contribution < 1.29 is 33.4 Å². The van der Waals surface area contributed by atoms with Crippen molar-refractivity contribution in [3.05, 3.63) is 59.3 Å². The molecule has 3 aromatic rings. The number of piperazine rings is 1. The van der Waals surface area contributed by atoms with Crippen LogP contribution in [0.3, 0.4) is 0 Å². The predicted molar refractivity (Wildman–Crippen MR) is 221 cm³/mol. The SMILES string of the molecule is COc1cc(C)c(Sc2cnc(NC(=O)c3ccc(OC(=O)CC(C)(C)COCC(C)(C)CC4CCCCCC4)cc3)s2)cc1C(=O)N1CCN(C(C)=O)CC1. The molecule has 0 spiro atoms. The Kier molecular flexibility index (Phi) is 15.0. The molecule has 1 saturated heterocycles. The standard InChI is InChI=1S/C43H58N4O7S2/c1-29-22-35(52-7)34(40(51)47-20-18-46(19-21-47)30(2)48)23-36(29)55-38-26-44-41(56-38)45-39(50)32-14-16-33(17-15-32)54-37(49)25-43(5,6)28-53-27-42(3,4)24-31-12-10-8-9-11-13-31/h14-17,22-23,26,31H,8-13,18-21,24-25,27-28H2,1-7H3,(H,44,45,50). The summed E-state index contributed by atoms with van der Waals surface area (Å²) >= 11 is 2.77. The molecule has 2 heterocycles. The maximum absolute atomic E-state index is 13.5. The Morgan fingerprint density at radius 3 is 2.20 bits per heavy atom. The number of carbonyl (C=O) groups is 4. The molecule has 11 nitrogen and oxygen atoms in total. The minimum absolute atomic E-state index is 0.00518. The average Bonchev–Trinajstić information content (AvgIpc) is 3.43. The highest BCUT2D eigenvalue weighted by atomic mass is 32.2. The number of thiazole rings is 1. The second kappa shape index (κ2) is 19.5. The van der Waals surface area contributed by atoms with Crippen molar-refractivity contribution >= 4 is 51.9 Å². The number of benzene rings is 2. The number of hydrogen-bond donors (Lipinski definition) is 1. The van der Waals surface area contributed by atoms with E-state index in [1.54, 1.807) is 47.4 Å². The molecular formula is C43H58N4O7S2. The van der Waals surface area contributed by atoms with Gasteiger partial charge in [0.1, 0.15) is 11.5 Å². The molecule has 0 atom stereocenters. The number of methoxy groups -OCH3 is 1. The summed E-state index contributed by atoms with van der Waals surface area (Å²) in [5.41, 5.74) is 1.49. The van der Waals surface area contributed by atoms with E-state index >= 15 is 0 Å². The van der Waals surface area contributed by atoms with Gasteiger partial charge in [-0.1, -0.05) is 89.3 Å². The summed E-state index contributed by atoms with van der Waals surface area (Å²) in [6.45, 7) is 15.1. The lowest BCUT2D eigenvalue weighted by Crippen LogP contribution is -2.50. The van der Waals surface area contributed by atoms with Crippen molar-refractivity contribution in [1.29, 1.82) is 0 Å². The van der Waals surface area contributed by atoms with E-state index in [0.717, 1.165) is 20.6 Å². The van der Waals surface area contributed by atoms with Crippen LogP contribution in [-0.2, 0) is 14.3 Å². The minimum Gasteiger partial charge on any atom is -0.496 e. The third-order valence-electron chi connectivity index (χ3n) is 10.4. The van der Waals surface area contributed by atoms with Gasteiger partial charge in [0.25, 0.3) is 11.8 Å². The van der Waals surface area contributed by atoms with Crippen LogP contribution in [0.2, 0.25) is 0 Å². The van der Waals surface area contributed by atoms with Crippen molar-refractivity contribution in [2.24, 2.45) is 16.7 Å². The van der Waals surface area contributed by atoms with Crippen LogP contribution in [0.4, 0.5) is 5.13 Å². The second-order valence-electron chi connectivity index (χ2n) is 16.7. The smallest absolute Gasteiger partial charge is 0.311 e. The lowest BCUT2D eigenvalue weighted by atomic mass is 9.80. The molecule has 2 fully saturated rings. The van der Waals surface area contributed by atoms with Gasteiger partial charge in [-0.05, 0) is 72.1 Å². The van der Waals surface area contributed by atoms with E-state index < -0.39 is 0 Å². The number of nitrogens with zero attached hydrogens (tertiary/aromatic N) is 3. The number of aromatic nitrogens is 1. The number of esters is 1. The molecule has 0 unspecified atom stereocenters. The first-order valence-electron chi connectivity index (χ1n) is 19.7. The number of ether oxygens (including phenoxy) is 3. The summed E-state index contributed by atoms with van der Waals surface area (Å²) in [6, 6.07) is 10.1. The number of hydrogen-bond acceptors (Lipinski definition) is 10. The zero-order valence-electron chi connectivity index (χ0n) is 34.0. The molecule has 2 aromatic carbocycles. The van der Waals surface area contributed by atoms with Gasteiger partial charge in [-0.3, -0.25) is 24.5 Å². The fourth-order valence-electron chi connectivity index (χ4n) is 7.44. The largest absolute Gasteiger partial charge is 0.496 e. The fraction of sp³-hybridized carbons (Fsp3) is 0.558. The summed E-state index contributed by atoms with van der Waals surface area (Å²) in [4.78, 5) is 60.0. The summed E-state index contributed by atoms with van der Waals surface area (Å²) in [6.07, 6.45) is 11.1. The molecule has 56 heavy (non-hydrogen) atoms. The molecule has 304 valence electrons. The highest BCUT2D eigenvalue weighted by Crippen LogP contribution is 2.39. The Balaban J connectivity index is 1.09. The average molecular weight is 807 g/mol. The Morgan fingerprint density at radius 1 is 0.911 bits per heavy atom. The lowest BCUT2D eigenvalue weighted by Gasteiger charge is -2.34. The molecule has 0 bridgehead atoms. The minimum atomic E-state index is -0.389. The maximum atomic E-state index is 13.5. The van der Waals surface area contributed by atoms with E-state index in [-0.39, 0.29) is 40.9 Å². The first kappa shape index (κ1) is 43.2. The van der Waals surface area contributed by atoms with E-state index in [4.69, 9.17) is 14.2 Å². The van der Waals surface area contributed by atoms with Crippen molar-refractivity contribution in [2.75, 3.05) is 51.8 Å². The van der Waals surface area contributed by atoms with E-state index in [0.29, 0.717) is 67.2 Å². The molecule has 1 aliphatic heterocycles. The Morgan fingerprint density at radius 2 is 1.55 bits per heavy atom. The molecular weight excluding hydrogens is 749 g/mol. The molecule has 3 amide bonds. The van der Waals surface area contributed by atoms with Crippen LogP contribution in [0.5, 0.6) is 11.5 Å². The van der Waals surface area contributed by atoms with Gasteiger partial charge in [-0.15, -0.1) is 0 Å². The van der Waals surface area contributed by atoms with Crippen LogP contribution in [0.1, 0.15) is 112 Å². The Bertz CT molecular complexity index is 1830. The van der Waals surface area contributed by atoms with Gasteiger partial charge in [0.2, 0.25) is 5.91 Å². The third kappa shape index (κ3) is 12.5. The normalized spacial score (nSPS) is 15.6. The van der Waals surface area contributed by atoms with Gasteiger partial charge in [0.05, 0.1) is 42.7 Å². The highest BCUT2D eigenvalue weighted by Gasteiger charge is 2.29. The Labute approximate surface area is 340 Å². The van der Waals surface area contributed by atoms with Crippen molar-refractivity contribution in [1.82, 2.24) is 14.8 Å². The number of rotatable bonds is 15. The topological polar surface area (TPSA) is 127 Å². The predicted octanol–water partition coefficient (Wildman–Crippen LogP) is 8.89. The first-order chi connectivity index (χ1) is 26.6. The molecule has 2 aliphatic rings. The van der Waals surface area contributed by atoms with E-state index in [9.17, 15) is 19.2 Å². The van der Waals surface area contributed by atoms with Crippen LogP contribution >= 0.6 is 23.1 Å². The van der Waals surface area contributed by atoms with E-state index in [1.165, 1.54) is 75.0 Å². The molecule has 13 heteroatoms. The van der Waals surface area contributed by atoms with Gasteiger partial charge >= 0.3 is 5.97 Å². The molecule has 1 aromatic heterocycles. The third-order valence-corrected chi connectivity index (χ3v) is 12.6. The second-order valence-corrected chi connectivity index (χ2v) is 19.1. The monoisotopic (exact) mass is 806 g/mol. The molecule has 1 saturated carbocycles. The first-order valence-corrected chi connectivity index (χ1v) is 21.3. The number of nitrogens with one attached hydrogen (secondary N) is 1. The maximum Gasteiger partial charge on any atom is 0.311 e. The van der Waals surface area contributed by atoms with Crippen molar-refractivity contribution in [3.63, 3.8) is 0 Å². The van der Waals surface area contributed by atoms with Gasteiger partial charge < -0.3 is 24.0 Å². The zero-order valence-corrected chi connectivity index (χ0v) is 35.7. The lowest BCUT2D eigenvalue weighted by molar-refractivity contribution is -0.137. The van der Waals surface area contributed by atoms with Crippen LogP contribution in [0.25, 0.3) is 0 Å². The highest BCUT2D eigenvalue weighted by molar-refractivity contribution is 8.01. The van der Waals surface area contributed by atoms with Crippen LogP contribution < -0.4 is 14.8 Å². The number of aryl methyl sites for hydroxylation is 1. The molecule has 1 N–H and O–H groups in total. The van der Waals surface area contributed by atoms with E-state index in [1.807, 2.05) is 32.9 Å². The number of carbonyl (C=O) groups excluding carboxylic acids is 4. The summed E-state index contributed by atoms with van der Waals surface area (Å²) in [7, 11) is 1.54. The Hall–Kier alpha value is -3.94. The van der Waals surface area contributed by atoms with Crippen molar-refractivity contribution in [2.45, 2.75) is 102 Å². The van der Waals surface area contributed by atoms with Gasteiger partial charge in [-0.2, -0.15) is 0 Å². The fourth-order valence-corrected chi connectivity index (χ4v) is 9.38. The van der Waals surface area contributed by atoms with Gasteiger partial charge in [0, 0.05) is 43.6 Å². The molecule has 0 radical (unpaired) electrons. The van der Waals surface area contributed by atoms with Crippen LogP contribution in [0, 0.1) is 23.7 Å². The zero-order chi connectivity index (χ0) is 40.5. The van der Waals surface area contributed by atoms with E-state index in [2.05, 4.69) is 24.1 Å². The number of amides is 3. The van der Waals surface area contributed by atoms with Crippen LogP contribution in [0.15, 0.2) is 51.7 Å². The van der Waals surface area contributed by atoms with Gasteiger partial charge in [0.15, 0.2) is 5.13 Å². The van der Waals surface area contributed by atoms with Crippen LogP contribution in [-0.4, -0.2) is 85.0 Å².